The number of benzene rings is 2. The van der Waals surface area contributed by atoms with E-state index in [0.29, 0.717) is 5.56 Å². The number of methoxy groups -OCH3 is 1. The zero-order valence-electron chi connectivity index (χ0n) is 14.6. The molecule has 0 amide bonds. The van der Waals surface area contributed by atoms with Crippen LogP contribution in [-0.2, 0) is 5.88 Å². The molecule has 3 rings (SSSR count). The summed E-state index contributed by atoms with van der Waals surface area (Å²) in [7, 11) is 1.43. The highest BCUT2D eigenvalue weighted by atomic mass is 35.5. The lowest BCUT2D eigenvalue weighted by Gasteiger charge is -2.33. The van der Waals surface area contributed by atoms with Crippen molar-refractivity contribution in [3.8, 4) is 16.9 Å². The lowest BCUT2D eigenvalue weighted by atomic mass is 9.85. The van der Waals surface area contributed by atoms with Gasteiger partial charge < -0.3 is 10.1 Å². The van der Waals surface area contributed by atoms with E-state index in [1.54, 1.807) is 0 Å². The summed E-state index contributed by atoms with van der Waals surface area (Å²) in [6, 6.07) is 6.03. The van der Waals surface area contributed by atoms with E-state index in [4.69, 9.17) is 16.3 Å². The van der Waals surface area contributed by atoms with Gasteiger partial charge in [-0.05, 0) is 49.6 Å². The Bertz CT molecular complexity index is 874. The summed E-state index contributed by atoms with van der Waals surface area (Å²) in [4.78, 5) is 0. The van der Waals surface area contributed by atoms with Gasteiger partial charge in [0.2, 0.25) is 0 Å². The molecule has 1 N–H and O–H groups in total. The minimum absolute atomic E-state index is 0.165. The predicted octanol–water partition coefficient (Wildman–Crippen LogP) is 5.99. The van der Waals surface area contributed by atoms with E-state index in [9.17, 15) is 8.78 Å². The maximum Gasteiger partial charge on any atom is 0.162 e. The van der Waals surface area contributed by atoms with Crippen molar-refractivity contribution in [1.29, 1.82) is 0 Å². The molecule has 2 nitrogen and oxygen atoms in total. The quantitative estimate of drug-likeness (QED) is 0.676. The van der Waals surface area contributed by atoms with Gasteiger partial charge >= 0.3 is 0 Å². The van der Waals surface area contributed by atoms with Crippen LogP contribution in [0.4, 0.5) is 14.5 Å². The molecule has 0 radical (unpaired) electrons. The summed E-state index contributed by atoms with van der Waals surface area (Å²) in [6.07, 6.45) is 2.14. The fourth-order valence-corrected chi connectivity index (χ4v) is 3.78. The maximum absolute atomic E-state index is 13.8. The fourth-order valence-electron chi connectivity index (χ4n) is 3.50. The molecule has 1 aliphatic rings. The molecule has 0 saturated carbocycles. The first-order valence-electron chi connectivity index (χ1n) is 8.00. The van der Waals surface area contributed by atoms with Crippen molar-refractivity contribution in [2.24, 2.45) is 0 Å². The third-order valence-corrected chi connectivity index (χ3v) is 4.67. The van der Waals surface area contributed by atoms with Gasteiger partial charge in [-0.3, -0.25) is 0 Å². The van der Waals surface area contributed by atoms with Gasteiger partial charge in [-0.2, -0.15) is 0 Å². The van der Waals surface area contributed by atoms with Crippen LogP contribution < -0.4 is 10.1 Å². The average molecular weight is 364 g/mol. The second-order valence-electron chi connectivity index (χ2n) is 6.79. The topological polar surface area (TPSA) is 21.3 Å². The zero-order chi connectivity index (χ0) is 18.4. The van der Waals surface area contributed by atoms with E-state index >= 15 is 0 Å². The smallest absolute Gasteiger partial charge is 0.162 e. The lowest BCUT2D eigenvalue weighted by Crippen LogP contribution is -2.31. The van der Waals surface area contributed by atoms with Crippen LogP contribution in [-0.4, -0.2) is 12.6 Å². The Morgan fingerprint density at radius 1 is 1.12 bits per heavy atom. The Morgan fingerprint density at radius 2 is 1.80 bits per heavy atom. The molecule has 0 spiro atoms. The number of ether oxygens (including phenoxy) is 1. The number of nitrogens with one attached hydrogen (secondary N) is 1. The summed E-state index contributed by atoms with van der Waals surface area (Å²) in [6.45, 7) is 6.21. The van der Waals surface area contributed by atoms with Gasteiger partial charge in [0.1, 0.15) is 5.75 Å². The molecule has 5 heteroatoms. The number of fused-ring (bicyclic) bond motifs is 1. The number of allylic oxidation sites excluding steroid dienone is 1. The van der Waals surface area contributed by atoms with Gasteiger partial charge in [0, 0.05) is 28.8 Å². The van der Waals surface area contributed by atoms with Gasteiger partial charge in [-0.1, -0.05) is 12.1 Å². The molecule has 25 heavy (non-hydrogen) atoms. The summed E-state index contributed by atoms with van der Waals surface area (Å²) in [5.41, 5.74) is 4.99. The van der Waals surface area contributed by atoms with Crippen molar-refractivity contribution in [2.45, 2.75) is 32.2 Å². The number of rotatable bonds is 3. The van der Waals surface area contributed by atoms with E-state index in [1.165, 1.54) is 7.11 Å². The highest BCUT2D eigenvalue weighted by Gasteiger charge is 2.26. The molecule has 2 aromatic rings. The molecule has 0 bridgehead atoms. The minimum atomic E-state index is -0.939. The second kappa shape index (κ2) is 6.34. The minimum Gasteiger partial charge on any atom is -0.496 e. The van der Waals surface area contributed by atoms with Gasteiger partial charge in [0.25, 0.3) is 0 Å². The van der Waals surface area contributed by atoms with Gasteiger partial charge in [-0.25, -0.2) is 8.78 Å². The molecule has 0 fully saturated rings. The highest BCUT2D eigenvalue weighted by molar-refractivity contribution is 6.18. The first kappa shape index (κ1) is 17.7. The van der Waals surface area contributed by atoms with Crippen LogP contribution in [0, 0.1) is 11.6 Å². The van der Waals surface area contributed by atoms with Gasteiger partial charge in [0.05, 0.1) is 12.6 Å². The van der Waals surface area contributed by atoms with Crippen molar-refractivity contribution >= 4 is 22.9 Å². The van der Waals surface area contributed by atoms with Crippen LogP contribution >= 0.6 is 11.6 Å². The Labute approximate surface area is 151 Å². The molecule has 1 aliphatic heterocycles. The third kappa shape index (κ3) is 3.11. The number of hydrogen-bond acceptors (Lipinski definition) is 2. The average Bonchev–Trinajstić information content (AvgIpc) is 2.54. The highest BCUT2D eigenvalue weighted by Crippen LogP contribution is 2.43. The molecule has 0 atom stereocenters. The van der Waals surface area contributed by atoms with Crippen molar-refractivity contribution < 1.29 is 13.5 Å². The number of hydrogen-bond donors (Lipinski definition) is 1. The van der Waals surface area contributed by atoms with Crippen molar-refractivity contribution in [1.82, 2.24) is 0 Å². The van der Waals surface area contributed by atoms with E-state index < -0.39 is 11.6 Å². The van der Waals surface area contributed by atoms with E-state index in [0.717, 1.165) is 40.1 Å². The first-order chi connectivity index (χ1) is 11.8. The van der Waals surface area contributed by atoms with Crippen LogP contribution in [0.1, 0.15) is 31.9 Å². The number of anilines is 1. The van der Waals surface area contributed by atoms with Gasteiger partial charge in [0.15, 0.2) is 11.6 Å². The summed E-state index contributed by atoms with van der Waals surface area (Å²) >= 11 is 6.26. The standard InChI is InChI=1S/C20H20ClF2NO/c1-11-9-20(2,3)24-17-6-5-12(14(10-21)19(11)17)13-7-15(22)16(23)8-18(13)25-4/h5-9,24H,10H2,1-4H3. The van der Waals surface area contributed by atoms with E-state index in [2.05, 4.69) is 25.2 Å². The Morgan fingerprint density at radius 3 is 2.44 bits per heavy atom. The zero-order valence-corrected chi connectivity index (χ0v) is 15.4. The largest absolute Gasteiger partial charge is 0.496 e. The Kier molecular flexibility index (Phi) is 4.50. The molecular weight excluding hydrogens is 344 g/mol. The SMILES string of the molecule is COc1cc(F)c(F)cc1-c1ccc2c(c1CCl)C(C)=CC(C)(C)N2. The van der Waals surface area contributed by atoms with Crippen molar-refractivity contribution in [3.63, 3.8) is 0 Å². The molecule has 2 aromatic carbocycles. The van der Waals surface area contributed by atoms with Crippen LogP contribution in [0.5, 0.6) is 5.75 Å². The number of alkyl halides is 1. The molecule has 0 unspecified atom stereocenters. The molecule has 1 heterocycles. The van der Waals surface area contributed by atoms with Crippen LogP contribution in [0.2, 0.25) is 0 Å². The Hall–Kier alpha value is -2.07. The monoisotopic (exact) mass is 363 g/mol. The maximum atomic E-state index is 13.8. The predicted molar refractivity (Wildman–Crippen MR) is 99.3 cm³/mol. The van der Waals surface area contributed by atoms with Crippen LogP contribution in [0.25, 0.3) is 16.7 Å². The summed E-state index contributed by atoms with van der Waals surface area (Å²) < 4.78 is 32.7. The van der Waals surface area contributed by atoms with Crippen molar-refractivity contribution in [3.05, 3.63) is 53.1 Å². The van der Waals surface area contributed by atoms with Crippen molar-refractivity contribution in [2.75, 3.05) is 12.4 Å². The molecular formula is C20H20ClF2NO. The second-order valence-corrected chi connectivity index (χ2v) is 7.06. The molecule has 0 saturated heterocycles. The Balaban J connectivity index is 2.27. The summed E-state index contributed by atoms with van der Waals surface area (Å²) in [5.74, 6) is -1.34. The van der Waals surface area contributed by atoms with Gasteiger partial charge in [-0.15, -0.1) is 11.6 Å². The normalized spacial score (nSPS) is 15.2. The third-order valence-electron chi connectivity index (χ3n) is 4.41. The van der Waals surface area contributed by atoms with E-state index in [1.807, 2.05) is 19.1 Å². The molecule has 0 aromatic heterocycles. The summed E-state index contributed by atoms with van der Waals surface area (Å²) in [5, 5.41) is 3.47. The fraction of sp³-hybridized carbons (Fsp3) is 0.300. The van der Waals surface area contributed by atoms with Crippen LogP contribution in [0.3, 0.4) is 0 Å². The van der Waals surface area contributed by atoms with Crippen LogP contribution in [0.15, 0.2) is 30.3 Å². The lowest BCUT2D eigenvalue weighted by molar-refractivity contribution is 0.408. The first-order valence-corrected chi connectivity index (χ1v) is 8.54. The van der Waals surface area contributed by atoms with E-state index in [-0.39, 0.29) is 17.2 Å². The number of halogens is 3. The molecule has 132 valence electrons. The molecule has 0 aliphatic carbocycles.